The lowest BCUT2D eigenvalue weighted by atomic mass is 10.0. The van der Waals surface area contributed by atoms with Crippen molar-refractivity contribution in [1.29, 1.82) is 0 Å². The summed E-state index contributed by atoms with van der Waals surface area (Å²) in [5.74, 6) is -0.168. The number of aromatic amines is 1. The van der Waals surface area contributed by atoms with Crippen LogP contribution in [0.25, 0.3) is 22.5 Å². The van der Waals surface area contributed by atoms with Gasteiger partial charge in [0, 0.05) is 62.4 Å². The summed E-state index contributed by atoms with van der Waals surface area (Å²) in [6.45, 7) is 3.87. The summed E-state index contributed by atoms with van der Waals surface area (Å²) in [6, 6.07) is 16.7. The van der Waals surface area contributed by atoms with E-state index >= 15 is 0 Å². The van der Waals surface area contributed by atoms with Crippen molar-refractivity contribution >= 4 is 28.9 Å². The summed E-state index contributed by atoms with van der Waals surface area (Å²) in [7, 11) is 1.73. The fourth-order valence-electron chi connectivity index (χ4n) is 4.89. The van der Waals surface area contributed by atoms with E-state index in [4.69, 9.17) is 0 Å². The lowest BCUT2D eigenvalue weighted by Gasteiger charge is -2.29. The number of urea groups is 1. The van der Waals surface area contributed by atoms with E-state index in [1.807, 2.05) is 24.3 Å². The van der Waals surface area contributed by atoms with Gasteiger partial charge in [0.1, 0.15) is 5.69 Å². The summed E-state index contributed by atoms with van der Waals surface area (Å²) in [5.41, 5.74) is 8.94. The first kappa shape index (κ1) is 22.7. The van der Waals surface area contributed by atoms with E-state index in [0.717, 1.165) is 48.7 Å². The van der Waals surface area contributed by atoms with Gasteiger partial charge in [-0.25, -0.2) is 10.2 Å². The largest absolute Gasteiger partial charge is 0.369 e. The molecule has 1 aliphatic carbocycles. The number of amides is 2. The van der Waals surface area contributed by atoms with Crippen LogP contribution >= 0.6 is 0 Å². The average Bonchev–Trinajstić information content (AvgIpc) is 3.50. The fourth-order valence-corrected chi connectivity index (χ4v) is 4.89. The van der Waals surface area contributed by atoms with Crippen LogP contribution < -0.4 is 26.0 Å². The van der Waals surface area contributed by atoms with Gasteiger partial charge in [-0.05, 0) is 30.3 Å². The second kappa shape index (κ2) is 9.40. The molecule has 10 heteroatoms. The van der Waals surface area contributed by atoms with Crippen LogP contribution in [-0.2, 0) is 0 Å². The molecule has 1 fully saturated rings. The Hall–Kier alpha value is -4.70. The van der Waals surface area contributed by atoms with E-state index in [9.17, 15) is 9.59 Å². The van der Waals surface area contributed by atoms with Gasteiger partial charge in [0.25, 0.3) is 0 Å². The molecule has 4 aromatic rings. The van der Waals surface area contributed by atoms with Crippen molar-refractivity contribution in [2.24, 2.45) is 0 Å². The number of ketones is 1. The maximum Gasteiger partial charge on any atom is 0.338 e. The van der Waals surface area contributed by atoms with Gasteiger partial charge in [-0.3, -0.25) is 19.9 Å². The smallest absolute Gasteiger partial charge is 0.338 e. The number of fused-ring (bicyclic) bond motifs is 3. The lowest BCUT2D eigenvalue weighted by molar-refractivity contribution is 0.104. The number of nitrogens with one attached hydrogen (secondary N) is 4. The molecule has 2 aliphatic rings. The van der Waals surface area contributed by atoms with Crippen molar-refractivity contribution in [1.82, 2.24) is 25.9 Å². The highest BCUT2D eigenvalue weighted by atomic mass is 16.2. The first-order valence-corrected chi connectivity index (χ1v) is 12.1. The van der Waals surface area contributed by atoms with E-state index in [1.54, 1.807) is 42.6 Å². The van der Waals surface area contributed by atoms with Gasteiger partial charge < -0.3 is 15.5 Å². The number of nitrogens with zero attached hydrogens (tertiary/aromatic N) is 4. The Morgan fingerprint density at radius 2 is 1.76 bits per heavy atom. The second-order valence-corrected chi connectivity index (χ2v) is 8.99. The van der Waals surface area contributed by atoms with Gasteiger partial charge in [0.05, 0.1) is 28.2 Å². The Morgan fingerprint density at radius 1 is 1.00 bits per heavy atom. The molecule has 0 unspecified atom stereocenters. The first-order chi connectivity index (χ1) is 18.1. The third-order valence-corrected chi connectivity index (χ3v) is 6.74. The van der Waals surface area contributed by atoms with Gasteiger partial charge >= 0.3 is 6.03 Å². The Morgan fingerprint density at radius 3 is 2.51 bits per heavy atom. The van der Waals surface area contributed by atoms with Crippen LogP contribution in [0.4, 0.5) is 21.9 Å². The number of rotatable bonds is 5. The Kier molecular flexibility index (Phi) is 5.78. The normalized spacial score (nSPS) is 14.2. The molecule has 2 amide bonds. The van der Waals surface area contributed by atoms with E-state index in [-0.39, 0.29) is 5.78 Å². The van der Waals surface area contributed by atoms with Crippen LogP contribution in [0.2, 0.25) is 0 Å². The minimum absolute atomic E-state index is 0.168. The third kappa shape index (κ3) is 4.17. The number of H-pyrrole nitrogens is 1. The number of hydrogen-bond donors (Lipinski definition) is 4. The molecule has 2 aromatic carbocycles. The fraction of sp³-hybridized carbons (Fsp3) is 0.185. The zero-order valence-corrected chi connectivity index (χ0v) is 20.3. The van der Waals surface area contributed by atoms with Crippen LogP contribution in [0, 0.1) is 0 Å². The van der Waals surface area contributed by atoms with Crippen molar-refractivity contribution in [3.63, 3.8) is 0 Å². The van der Waals surface area contributed by atoms with Gasteiger partial charge in [-0.1, -0.05) is 24.3 Å². The molecule has 3 heterocycles. The topological polar surface area (TPSA) is 118 Å². The number of hydrazine groups is 1. The minimum atomic E-state index is -0.460. The molecule has 2 aromatic heterocycles. The first-order valence-electron chi connectivity index (χ1n) is 12.1. The Balaban J connectivity index is 1.24. The maximum absolute atomic E-state index is 13.6. The molecule has 37 heavy (non-hydrogen) atoms. The number of carbonyl (C=O) groups excluding carboxylic acids is 2. The van der Waals surface area contributed by atoms with Gasteiger partial charge in [0.15, 0.2) is 5.78 Å². The van der Waals surface area contributed by atoms with Crippen LogP contribution in [0.1, 0.15) is 15.9 Å². The van der Waals surface area contributed by atoms with Gasteiger partial charge in [0.2, 0.25) is 0 Å². The molecular formula is C27H26N8O2. The molecule has 186 valence electrons. The van der Waals surface area contributed by atoms with E-state index in [0.29, 0.717) is 28.2 Å². The lowest BCUT2D eigenvalue weighted by Crippen LogP contribution is -2.43. The zero-order chi connectivity index (χ0) is 25.4. The minimum Gasteiger partial charge on any atom is -0.369 e. The number of anilines is 3. The molecular weight excluding hydrogens is 468 g/mol. The highest BCUT2D eigenvalue weighted by Crippen LogP contribution is 2.43. The molecule has 6 rings (SSSR count). The average molecular weight is 495 g/mol. The summed E-state index contributed by atoms with van der Waals surface area (Å²) in [5, 5.41) is 15.3. The number of aromatic nitrogens is 3. The second-order valence-electron chi connectivity index (χ2n) is 8.99. The summed E-state index contributed by atoms with van der Waals surface area (Å²) in [6.07, 6.45) is 3.29. The number of benzene rings is 2. The van der Waals surface area contributed by atoms with Crippen molar-refractivity contribution in [3.05, 3.63) is 78.1 Å². The predicted molar refractivity (Wildman–Crippen MR) is 143 cm³/mol. The van der Waals surface area contributed by atoms with Crippen molar-refractivity contribution < 1.29 is 9.59 Å². The van der Waals surface area contributed by atoms with Crippen molar-refractivity contribution in [3.8, 4) is 22.5 Å². The standard InChI is InChI=1S/C27H26N8O2/c1-34(18-9-11-28-12-10-18)33-27(37)30-21-4-2-3-20-22(21)26(36)23-24(31-32-25(20)23)17-5-7-19(8-6-17)35-15-13-29-14-16-35/h2-12,29H,13-16H2,1H3,(H,31,32)(H2,30,33,37). The van der Waals surface area contributed by atoms with E-state index in [1.165, 1.54) is 0 Å². The van der Waals surface area contributed by atoms with E-state index in [2.05, 4.69) is 48.3 Å². The van der Waals surface area contributed by atoms with Crippen LogP contribution in [0.15, 0.2) is 67.0 Å². The van der Waals surface area contributed by atoms with E-state index < -0.39 is 6.03 Å². The van der Waals surface area contributed by atoms with Gasteiger partial charge in [-0.15, -0.1) is 0 Å². The third-order valence-electron chi connectivity index (χ3n) is 6.74. The molecule has 1 saturated heterocycles. The maximum atomic E-state index is 13.6. The van der Waals surface area contributed by atoms with Crippen LogP contribution in [-0.4, -0.2) is 60.2 Å². The predicted octanol–water partition coefficient (Wildman–Crippen LogP) is 3.27. The monoisotopic (exact) mass is 494 g/mol. The zero-order valence-electron chi connectivity index (χ0n) is 20.3. The van der Waals surface area contributed by atoms with Crippen molar-refractivity contribution in [2.45, 2.75) is 0 Å². The quantitative estimate of drug-likeness (QED) is 0.277. The number of carbonyl (C=O) groups is 2. The molecule has 0 bridgehead atoms. The SMILES string of the molecule is CN(NC(=O)Nc1cccc2c1C(=O)c1c(-c3ccc(N4CCNCC4)cc3)n[nH]c1-2)c1ccncc1. The number of hydrogen-bond acceptors (Lipinski definition) is 7. The highest BCUT2D eigenvalue weighted by molar-refractivity contribution is 6.27. The molecule has 0 saturated carbocycles. The van der Waals surface area contributed by atoms with Gasteiger partial charge in [-0.2, -0.15) is 5.10 Å². The Bertz CT molecular complexity index is 1460. The van der Waals surface area contributed by atoms with Crippen LogP contribution in [0.5, 0.6) is 0 Å². The summed E-state index contributed by atoms with van der Waals surface area (Å²) in [4.78, 5) is 32.7. The summed E-state index contributed by atoms with van der Waals surface area (Å²) >= 11 is 0. The van der Waals surface area contributed by atoms with Crippen molar-refractivity contribution in [2.75, 3.05) is 48.5 Å². The number of piperazine rings is 1. The highest BCUT2D eigenvalue weighted by Gasteiger charge is 2.35. The summed E-state index contributed by atoms with van der Waals surface area (Å²) < 4.78 is 0. The molecule has 1 aliphatic heterocycles. The Labute approximate surface area is 213 Å². The molecule has 0 atom stereocenters. The van der Waals surface area contributed by atoms with Crippen LogP contribution in [0.3, 0.4) is 0 Å². The molecule has 0 radical (unpaired) electrons. The molecule has 10 nitrogen and oxygen atoms in total. The number of pyridine rings is 1. The molecule has 4 N–H and O–H groups in total. The molecule has 0 spiro atoms.